The van der Waals surface area contributed by atoms with E-state index in [9.17, 15) is 13.2 Å². The van der Waals surface area contributed by atoms with Gasteiger partial charge in [-0.1, -0.05) is 0 Å². The van der Waals surface area contributed by atoms with E-state index in [1.807, 2.05) is 19.9 Å². The normalized spacial score (nSPS) is 11.6. The average Bonchev–Trinajstić information content (AvgIpc) is 2.48. The fourth-order valence-corrected chi connectivity index (χ4v) is 2.12. The fraction of sp³-hybridized carbons (Fsp3) is 0.286. The minimum absolute atomic E-state index is 0.0532. The van der Waals surface area contributed by atoms with Gasteiger partial charge in [-0.2, -0.15) is 13.7 Å². The van der Waals surface area contributed by atoms with Gasteiger partial charge in [0.15, 0.2) is 0 Å². The third-order valence-electron chi connectivity index (χ3n) is 2.90. The summed E-state index contributed by atoms with van der Waals surface area (Å²) in [5.74, 6) is -0.589. The maximum absolute atomic E-state index is 12.0. The van der Waals surface area contributed by atoms with E-state index in [0.717, 1.165) is 12.1 Å². The number of carbonyl (C=O) groups is 1. The van der Waals surface area contributed by atoms with E-state index in [-0.39, 0.29) is 10.5 Å². The van der Waals surface area contributed by atoms with Gasteiger partial charge in [-0.15, -0.1) is 0 Å². The molecule has 0 aliphatic rings. The number of carbonyl (C=O) groups excluding carboxylic acids is 1. The van der Waals surface area contributed by atoms with Gasteiger partial charge in [-0.25, -0.2) is 0 Å². The van der Waals surface area contributed by atoms with Gasteiger partial charge in [-0.3, -0.25) is 9.35 Å². The molecule has 1 aromatic carbocycles. The number of anilines is 1. The molecule has 0 atom stereocenters. The highest BCUT2D eigenvalue weighted by atomic mass is 32.2. The van der Waals surface area contributed by atoms with Gasteiger partial charge < -0.3 is 10.2 Å². The van der Waals surface area contributed by atoms with E-state index in [4.69, 9.17) is 9.81 Å². The summed E-state index contributed by atoms with van der Waals surface area (Å²) in [6, 6.07) is 6.80. The summed E-state index contributed by atoms with van der Waals surface area (Å²) in [6.07, 6.45) is 1.47. The van der Waals surface area contributed by atoms with Gasteiger partial charge >= 0.3 is 0 Å². The topological polar surface area (TPSA) is 111 Å². The lowest BCUT2D eigenvalue weighted by molar-refractivity contribution is -0.112. The molecule has 0 aliphatic heterocycles. The Labute approximate surface area is 129 Å². The lowest BCUT2D eigenvalue weighted by Gasteiger charge is -2.15. The third kappa shape index (κ3) is 4.87. The van der Waals surface area contributed by atoms with Crippen LogP contribution in [0, 0.1) is 11.3 Å². The molecular formula is C14H17N3O4S. The zero-order valence-electron chi connectivity index (χ0n) is 12.3. The van der Waals surface area contributed by atoms with Gasteiger partial charge in [0.25, 0.3) is 16.0 Å². The molecule has 7 nitrogen and oxygen atoms in total. The lowest BCUT2D eigenvalue weighted by atomic mass is 10.2. The molecule has 0 aliphatic carbocycles. The Hall–Kier alpha value is -2.37. The zero-order valence-corrected chi connectivity index (χ0v) is 13.1. The monoisotopic (exact) mass is 323 g/mol. The molecule has 0 heterocycles. The summed E-state index contributed by atoms with van der Waals surface area (Å²) in [4.78, 5) is 13.5. The van der Waals surface area contributed by atoms with Gasteiger partial charge in [0.2, 0.25) is 0 Å². The number of rotatable bonds is 6. The lowest BCUT2D eigenvalue weighted by Crippen LogP contribution is -2.20. The smallest absolute Gasteiger partial charge is 0.294 e. The van der Waals surface area contributed by atoms with Crippen molar-refractivity contribution in [2.75, 3.05) is 18.4 Å². The first-order valence-electron chi connectivity index (χ1n) is 6.56. The second kappa shape index (κ2) is 7.59. The van der Waals surface area contributed by atoms with Crippen LogP contribution < -0.4 is 5.32 Å². The van der Waals surface area contributed by atoms with Crippen LogP contribution in [0.15, 0.2) is 40.9 Å². The van der Waals surface area contributed by atoms with Crippen LogP contribution in [0.4, 0.5) is 5.69 Å². The summed E-state index contributed by atoms with van der Waals surface area (Å²) < 4.78 is 30.7. The van der Waals surface area contributed by atoms with Gasteiger partial charge in [0.05, 0.1) is 4.90 Å². The van der Waals surface area contributed by atoms with Crippen molar-refractivity contribution in [2.24, 2.45) is 0 Å². The SMILES string of the molecule is CCN(/C=C(/C#N)C(=O)Nc1ccc(S(=O)(=O)O)cc1)CC. The first-order chi connectivity index (χ1) is 10.3. The van der Waals surface area contributed by atoms with E-state index >= 15 is 0 Å². The van der Waals surface area contributed by atoms with Crippen LogP contribution in [0.1, 0.15) is 13.8 Å². The number of hydrogen-bond donors (Lipinski definition) is 2. The highest BCUT2D eigenvalue weighted by Gasteiger charge is 2.12. The molecule has 2 N–H and O–H groups in total. The minimum Gasteiger partial charge on any atom is -0.377 e. The molecule has 118 valence electrons. The van der Waals surface area contributed by atoms with Gasteiger partial charge in [-0.05, 0) is 38.1 Å². The first-order valence-corrected chi connectivity index (χ1v) is 8.00. The summed E-state index contributed by atoms with van der Waals surface area (Å²) >= 11 is 0. The standard InChI is InChI=1S/C14H17N3O4S/c1-3-17(4-2)10-11(9-15)14(18)16-12-5-7-13(8-6-12)22(19,20)21/h5-8,10H,3-4H2,1-2H3,(H,16,18)(H,19,20,21)/b11-10-. The molecule has 22 heavy (non-hydrogen) atoms. The summed E-state index contributed by atoms with van der Waals surface area (Å²) in [5, 5.41) is 11.5. The molecule has 0 radical (unpaired) electrons. The van der Waals surface area contributed by atoms with E-state index in [1.54, 1.807) is 4.90 Å². The maximum Gasteiger partial charge on any atom is 0.294 e. The Morgan fingerprint density at radius 3 is 2.27 bits per heavy atom. The van der Waals surface area contributed by atoms with E-state index in [1.165, 1.54) is 18.3 Å². The Bertz CT molecular complexity index is 699. The molecular weight excluding hydrogens is 306 g/mol. The molecule has 1 rings (SSSR count). The molecule has 0 saturated carbocycles. The summed E-state index contributed by atoms with van der Waals surface area (Å²) in [5.41, 5.74) is 0.264. The van der Waals surface area contributed by atoms with Crippen LogP contribution in [-0.4, -0.2) is 36.9 Å². The molecule has 0 saturated heterocycles. The van der Waals surface area contributed by atoms with Crippen molar-refractivity contribution in [3.8, 4) is 6.07 Å². The molecule has 0 spiro atoms. The van der Waals surface area contributed by atoms with Crippen molar-refractivity contribution in [3.63, 3.8) is 0 Å². The van der Waals surface area contributed by atoms with E-state index < -0.39 is 16.0 Å². The molecule has 0 aromatic heterocycles. The molecule has 0 bridgehead atoms. The van der Waals surface area contributed by atoms with Crippen molar-refractivity contribution in [3.05, 3.63) is 36.0 Å². The fourth-order valence-electron chi connectivity index (χ4n) is 1.64. The van der Waals surface area contributed by atoms with Crippen LogP contribution in [0.3, 0.4) is 0 Å². The Balaban J connectivity index is 2.90. The molecule has 0 unspecified atom stereocenters. The minimum atomic E-state index is -4.27. The number of hydrogen-bond acceptors (Lipinski definition) is 5. The number of amides is 1. The number of benzene rings is 1. The van der Waals surface area contributed by atoms with Crippen molar-refractivity contribution < 1.29 is 17.8 Å². The van der Waals surface area contributed by atoms with Gasteiger partial charge in [0.1, 0.15) is 11.6 Å². The predicted molar refractivity (Wildman–Crippen MR) is 81.5 cm³/mol. The van der Waals surface area contributed by atoms with Crippen molar-refractivity contribution in [1.82, 2.24) is 4.90 Å². The Kier molecular flexibility index (Phi) is 6.10. The largest absolute Gasteiger partial charge is 0.377 e. The van der Waals surface area contributed by atoms with Gasteiger partial charge in [0, 0.05) is 25.0 Å². The van der Waals surface area contributed by atoms with Crippen molar-refractivity contribution >= 4 is 21.7 Å². The second-order valence-corrected chi connectivity index (χ2v) is 5.75. The molecule has 1 amide bonds. The Morgan fingerprint density at radius 1 is 1.32 bits per heavy atom. The summed E-state index contributed by atoms with van der Waals surface area (Å²) in [6.45, 7) is 5.14. The van der Waals surface area contributed by atoms with Crippen LogP contribution in [0.25, 0.3) is 0 Å². The van der Waals surface area contributed by atoms with Crippen LogP contribution >= 0.6 is 0 Å². The Morgan fingerprint density at radius 2 is 1.86 bits per heavy atom. The molecule has 0 fully saturated rings. The highest BCUT2D eigenvalue weighted by molar-refractivity contribution is 7.85. The number of nitriles is 1. The highest BCUT2D eigenvalue weighted by Crippen LogP contribution is 2.14. The second-order valence-electron chi connectivity index (χ2n) is 4.33. The van der Waals surface area contributed by atoms with Crippen molar-refractivity contribution in [1.29, 1.82) is 5.26 Å². The van der Waals surface area contributed by atoms with Crippen LogP contribution in [0.2, 0.25) is 0 Å². The maximum atomic E-state index is 12.0. The average molecular weight is 323 g/mol. The first kappa shape index (κ1) is 17.7. The van der Waals surface area contributed by atoms with Crippen LogP contribution in [-0.2, 0) is 14.9 Å². The van der Waals surface area contributed by atoms with Crippen LogP contribution in [0.5, 0.6) is 0 Å². The zero-order chi connectivity index (χ0) is 16.8. The van der Waals surface area contributed by atoms with E-state index in [0.29, 0.717) is 18.8 Å². The number of nitrogens with one attached hydrogen (secondary N) is 1. The quantitative estimate of drug-likeness (QED) is 0.467. The third-order valence-corrected chi connectivity index (χ3v) is 3.77. The summed E-state index contributed by atoms with van der Waals surface area (Å²) in [7, 11) is -4.27. The van der Waals surface area contributed by atoms with E-state index in [2.05, 4.69) is 5.32 Å². The predicted octanol–water partition coefficient (Wildman–Crippen LogP) is 1.62. The molecule has 8 heteroatoms. The van der Waals surface area contributed by atoms with Crippen molar-refractivity contribution in [2.45, 2.75) is 18.7 Å². The molecule has 1 aromatic rings. The number of nitrogens with zero attached hydrogens (tertiary/aromatic N) is 2.